The number of amides is 1. The Morgan fingerprint density at radius 1 is 1.21 bits per heavy atom. The lowest BCUT2D eigenvalue weighted by molar-refractivity contribution is 0.0745. The maximum absolute atomic E-state index is 13.0. The van der Waals surface area contributed by atoms with E-state index in [-0.39, 0.29) is 5.91 Å². The standard InChI is InChI=1S/C21H22N6O/c1-3-18-17(14-25(2)24-18)21(28)27-10-8-26(9-11-27)20-15(12-22)13-23-19-7-5-4-6-16(19)20/h4-7,13-14H,3,8-11H2,1-2H3. The van der Waals surface area contributed by atoms with E-state index in [2.05, 4.69) is 21.1 Å². The molecule has 28 heavy (non-hydrogen) atoms. The van der Waals surface area contributed by atoms with Gasteiger partial charge in [0.05, 0.1) is 28.0 Å². The fraction of sp³-hybridized carbons (Fsp3) is 0.333. The molecule has 1 amide bonds. The summed E-state index contributed by atoms with van der Waals surface area (Å²) in [5, 5.41) is 14.9. The van der Waals surface area contributed by atoms with Crippen LogP contribution in [0.1, 0.15) is 28.5 Å². The second-order valence-corrected chi connectivity index (χ2v) is 6.95. The van der Waals surface area contributed by atoms with E-state index in [9.17, 15) is 10.1 Å². The zero-order valence-corrected chi connectivity index (χ0v) is 16.1. The molecule has 0 aliphatic carbocycles. The number of hydrogen-bond donors (Lipinski definition) is 0. The van der Waals surface area contributed by atoms with E-state index < -0.39 is 0 Å². The van der Waals surface area contributed by atoms with Crippen molar-refractivity contribution >= 4 is 22.5 Å². The van der Waals surface area contributed by atoms with Gasteiger partial charge in [0.2, 0.25) is 0 Å². The molecule has 4 rings (SSSR count). The number of rotatable bonds is 3. The number of nitriles is 1. The number of hydrogen-bond acceptors (Lipinski definition) is 5. The predicted octanol–water partition coefficient (Wildman–Crippen LogP) is 2.36. The van der Waals surface area contributed by atoms with Gasteiger partial charge in [0.25, 0.3) is 5.91 Å². The highest BCUT2D eigenvalue weighted by atomic mass is 16.2. The van der Waals surface area contributed by atoms with E-state index in [4.69, 9.17) is 0 Å². The molecular formula is C21H22N6O. The highest BCUT2D eigenvalue weighted by Crippen LogP contribution is 2.30. The monoisotopic (exact) mass is 374 g/mol. The molecule has 0 saturated carbocycles. The smallest absolute Gasteiger partial charge is 0.257 e. The first-order valence-electron chi connectivity index (χ1n) is 9.47. The van der Waals surface area contributed by atoms with Gasteiger partial charge < -0.3 is 9.80 Å². The van der Waals surface area contributed by atoms with Gasteiger partial charge in [0, 0.05) is 51.0 Å². The normalized spacial score (nSPS) is 14.3. The molecule has 3 aromatic rings. The Balaban J connectivity index is 1.57. The Bertz CT molecular complexity index is 1070. The highest BCUT2D eigenvalue weighted by molar-refractivity contribution is 5.96. The number of fused-ring (bicyclic) bond motifs is 1. The molecule has 3 heterocycles. The number of nitrogens with zero attached hydrogens (tertiary/aromatic N) is 6. The summed E-state index contributed by atoms with van der Waals surface area (Å²) in [7, 11) is 1.84. The van der Waals surface area contributed by atoms with Crippen LogP contribution < -0.4 is 4.90 Å². The molecule has 1 saturated heterocycles. The largest absolute Gasteiger partial charge is 0.366 e. The van der Waals surface area contributed by atoms with E-state index in [0.29, 0.717) is 37.3 Å². The Morgan fingerprint density at radius 3 is 2.68 bits per heavy atom. The van der Waals surface area contributed by atoms with Gasteiger partial charge in [0.1, 0.15) is 6.07 Å². The third-order valence-electron chi connectivity index (χ3n) is 5.22. The SMILES string of the molecule is CCc1nn(C)cc1C(=O)N1CCN(c2c(C#N)cnc3ccccc23)CC1. The van der Waals surface area contributed by atoms with Crippen LogP contribution in [0.3, 0.4) is 0 Å². The molecule has 1 aromatic carbocycles. The van der Waals surface area contributed by atoms with Crippen LogP contribution in [0.4, 0.5) is 5.69 Å². The molecule has 7 heteroatoms. The minimum atomic E-state index is 0.0321. The summed E-state index contributed by atoms with van der Waals surface area (Å²) in [5.74, 6) is 0.0321. The first kappa shape index (κ1) is 18.0. The molecule has 1 aliphatic heterocycles. The number of aryl methyl sites for hydroxylation is 2. The summed E-state index contributed by atoms with van der Waals surface area (Å²) in [4.78, 5) is 21.4. The quantitative estimate of drug-likeness (QED) is 0.703. The van der Waals surface area contributed by atoms with E-state index in [1.165, 1.54) is 0 Å². The first-order chi connectivity index (χ1) is 13.6. The summed E-state index contributed by atoms with van der Waals surface area (Å²) < 4.78 is 1.70. The summed E-state index contributed by atoms with van der Waals surface area (Å²) >= 11 is 0. The number of carbonyl (C=O) groups is 1. The van der Waals surface area contributed by atoms with Crippen LogP contribution in [0.15, 0.2) is 36.7 Å². The minimum absolute atomic E-state index is 0.0321. The summed E-state index contributed by atoms with van der Waals surface area (Å²) in [5.41, 5.74) is 3.88. The zero-order valence-electron chi connectivity index (χ0n) is 16.1. The van der Waals surface area contributed by atoms with E-state index in [1.54, 1.807) is 17.1 Å². The van der Waals surface area contributed by atoms with E-state index in [0.717, 1.165) is 28.7 Å². The molecule has 1 aliphatic rings. The molecule has 0 atom stereocenters. The van der Waals surface area contributed by atoms with Gasteiger partial charge in [-0.05, 0) is 12.5 Å². The summed E-state index contributed by atoms with van der Waals surface area (Å²) in [6, 6.07) is 10.1. The maximum atomic E-state index is 13.0. The fourth-order valence-corrected chi connectivity index (χ4v) is 3.83. The fourth-order valence-electron chi connectivity index (χ4n) is 3.83. The molecule has 2 aromatic heterocycles. The van der Waals surface area contributed by atoms with Gasteiger partial charge in [-0.25, -0.2) is 0 Å². The van der Waals surface area contributed by atoms with Gasteiger partial charge in [0.15, 0.2) is 0 Å². The number of para-hydroxylation sites is 1. The topological polar surface area (TPSA) is 78.0 Å². The van der Waals surface area contributed by atoms with Crippen molar-refractivity contribution in [1.29, 1.82) is 5.26 Å². The van der Waals surface area contributed by atoms with Crippen molar-refractivity contribution in [2.75, 3.05) is 31.1 Å². The van der Waals surface area contributed by atoms with Crippen LogP contribution in [0.5, 0.6) is 0 Å². The third-order valence-corrected chi connectivity index (χ3v) is 5.22. The number of piperazine rings is 1. The second kappa shape index (κ2) is 7.31. The van der Waals surface area contributed by atoms with Crippen molar-refractivity contribution in [2.24, 2.45) is 7.05 Å². The lowest BCUT2D eigenvalue weighted by atomic mass is 10.1. The van der Waals surface area contributed by atoms with Gasteiger partial charge >= 0.3 is 0 Å². The van der Waals surface area contributed by atoms with Crippen LogP contribution in [0.25, 0.3) is 10.9 Å². The molecule has 1 fully saturated rings. The van der Waals surface area contributed by atoms with E-state index in [1.807, 2.05) is 43.1 Å². The van der Waals surface area contributed by atoms with Crippen molar-refractivity contribution in [3.63, 3.8) is 0 Å². The number of aromatic nitrogens is 3. The third kappa shape index (κ3) is 3.07. The molecule has 7 nitrogen and oxygen atoms in total. The summed E-state index contributed by atoms with van der Waals surface area (Å²) in [6.07, 6.45) is 4.17. The number of carbonyl (C=O) groups excluding carboxylic acids is 1. The minimum Gasteiger partial charge on any atom is -0.366 e. The Kier molecular flexibility index (Phi) is 4.70. The van der Waals surface area contributed by atoms with Gasteiger partial charge in [-0.3, -0.25) is 14.5 Å². The number of benzene rings is 1. The summed E-state index contributed by atoms with van der Waals surface area (Å²) in [6.45, 7) is 4.58. The van der Waals surface area contributed by atoms with Crippen LogP contribution in [0, 0.1) is 11.3 Å². The highest BCUT2D eigenvalue weighted by Gasteiger charge is 2.27. The van der Waals surface area contributed by atoms with Crippen LogP contribution in [-0.4, -0.2) is 51.8 Å². The Labute approximate surface area is 163 Å². The second-order valence-electron chi connectivity index (χ2n) is 6.95. The molecule has 0 spiro atoms. The van der Waals surface area contributed by atoms with Crippen molar-refractivity contribution in [3.05, 3.63) is 53.5 Å². The molecular weight excluding hydrogens is 352 g/mol. The maximum Gasteiger partial charge on any atom is 0.257 e. The lowest BCUT2D eigenvalue weighted by Crippen LogP contribution is -2.49. The zero-order chi connectivity index (χ0) is 19.7. The number of anilines is 1. The lowest BCUT2D eigenvalue weighted by Gasteiger charge is -2.36. The predicted molar refractivity (Wildman–Crippen MR) is 107 cm³/mol. The molecule has 142 valence electrons. The average molecular weight is 374 g/mol. The van der Waals surface area contributed by atoms with Gasteiger partial charge in [-0.2, -0.15) is 10.4 Å². The molecule has 0 radical (unpaired) electrons. The van der Waals surface area contributed by atoms with Gasteiger partial charge in [-0.15, -0.1) is 0 Å². The van der Waals surface area contributed by atoms with Crippen LogP contribution in [-0.2, 0) is 13.5 Å². The van der Waals surface area contributed by atoms with Crippen LogP contribution >= 0.6 is 0 Å². The van der Waals surface area contributed by atoms with Gasteiger partial charge in [-0.1, -0.05) is 25.1 Å². The van der Waals surface area contributed by atoms with Crippen molar-refractivity contribution in [2.45, 2.75) is 13.3 Å². The Hall–Kier alpha value is -3.40. The molecule has 0 unspecified atom stereocenters. The average Bonchev–Trinajstić information content (AvgIpc) is 3.13. The van der Waals surface area contributed by atoms with Crippen molar-refractivity contribution in [3.8, 4) is 6.07 Å². The first-order valence-corrected chi connectivity index (χ1v) is 9.47. The molecule has 0 N–H and O–H groups in total. The number of pyridine rings is 1. The van der Waals surface area contributed by atoms with Crippen LogP contribution in [0.2, 0.25) is 0 Å². The van der Waals surface area contributed by atoms with Crippen molar-refractivity contribution < 1.29 is 4.79 Å². The van der Waals surface area contributed by atoms with Crippen molar-refractivity contribution in [1.82, 2.24) is 19.7 Å². The Morgan fingerprint density at radius 2 is 1.96 bits per heavy atom. The van der Waals surface area contributed by atoms with E-state index >= 15 is 0 Å². The molecule has 0 bridgehead atoms.